The number of para-hydroxylation sites is 2. The number of anilines is 2. The van der Waals surface area contributed by atoms with Gasteiger partial charge in [0.25, 0.3) is 15.9 Å². The van der Waals surface area contributed by atoms with Crippen molar-refractivity contribution < 1.29 is 26.4 Å². The van der Waals surface area contributed by atoms with Gasteiger partial charge in [-0.1, -0.05) is 35.9 Å². The number of benzene rings is 3. The smallest absolute Gasteiger partial charge is 0.319 e. The molecule has 0 aliphatic carbocycles. The van der Waals surface area contributed by atoms with Crippen LogP contribution < -0.4 is 10.0 Å². The van der Waals surface area contributed by atoms with Gasteiger partial charge in [-0.3, -0.25) is 9.52 Å². The number of carbonyl (C=O) groups excluding carboxylic acids is 1. The van der Waals surface area contributed by atoms with E-state index >= 15 is 0 Å². The maximum absolute atomic E-state index is 13.1. The molecule has 0 spiro atoms. The molecule has 0 bridgehead atoms. The Labute approximate surface area is 202 Å². The van der Waals surface area contributed by atoms with Crippen LogP contribution in [0.1, 0.15) is 20.8 Å². The highest BCUT2D eigenvalue weighted by Gasteiger charge is 2.31. The molecule has 0 fully saturated rings. The topological polar surface area (TPSA) is 75.3 Å². The molecule has 3 aromatic carbocycles. The summed E-state index contributed by atoms with van der Waals surface area (Å²) in [5.74, 6) is -0.573. The number of amides is 1. The van der Waals surface area contributed by atoms with Crippen molar-refractivity contribution >= 4 is 60.3 Å². The summed E-state index contributed by atoms with van der Waals surface area (Å²) < 4.78 is 67.8. The van der Waals surface area contributed by atoms with E-state index in [1.54, 1.807) is 25.1 Å². The predicted octanol–water partition coefficient (Wildman–Crippen LogP) is 6.94. The fourth-order valence-corrected chi connectivity index (χ4v) is 6.02. The molecule has 1 aromatic heterocycles. The van der Waals surface area contributed by atoms with E-state index < -0.39 is 27.7 Å². The first kappa shape index (κ1) is 24.1. The number of aryl methyl sites for hydroxylation is 1. The van der Waals surface area contributed by atoms with Crippen molar-refractivity contribution in [3.05, 3.63) is 87.8 Å². The zero-order valence-corrected chi connectivity index (χ0v) is 19.8. The van der Waals surface area contributed by atoms with Crippen molar-refractivity contribution in [2.24, 2.45) is 0 Å². The quantitative estimate of drug-likeness (QED) is 0.297. The summed E-state index contributed by atoms with van der Waals surface area (Å²) in [6.45, 7) is 1.57. The molecule has 4 rings (SSSR count). The van der Waals surface area contributed by atoms with Crippen LogP contribution in [0.25, 0.3) is 10.1 Å². The molecule has 0 saturated carbocycles. The van der Waals surface area contributed by atoms with Gasteiger partial charge in [0, 0.05) is 4.70 Å². The van der Waals surface area contributed by atoms with Crippen molar-refractivity contribution in [1.82, 2.24) is 0 Å². The molecule has 34 heavy (non-hydrogen) atoms. The van der Waals surface area contributed by atoms with Gasteiger partial charge in [0.1, 0.15) is 4.90 Å². The molecule has 0 atom stereocenters. The van der Waals surface area contributed by atoms with Gasteiger partial charge in [-0.25, -0.2) is 8.42 Å². The van der Waals surface area contributed by atoms with Crippen molar-refractivity contribution in [2.75, 3.05) is 10.0 Å². The van der Waals surface area contributed by atoms with E-state index in [4.69, 9.17) is 11.6 Å². The van der Waals surface area contributed by atoms with E-state index in [-0.39, 0.29) is 26.2 Å². The van der Waals surface area contributed by atoms with Gasteiger partial charge >= 0.3 is 6.18 Å². The normalized spacial score (nSPS) is 12.0. The number of nitrogens with one attached hydrogen (secondary N) is 2. The minimum Gasteiger partial charge on any atom is -0.319 e. The first-order chi connectivity index (χ1) is 16.0. The van der Waals surface area contributed by atoms with E-state index in [1.807, 2.05) is 0 Å². The molecule has 0 saturated heterocycles. The second kappa shape index (κ2) is 8.94. The molecule has 5 nitrogen and oxygen atoms in total. The third-order valence-electron chi connectivity index (χ3n) is 5.02. The second-order valence-corrected chi connectivity index (χ2v) is 10.4. The zero-order valence-electron chi connectivity index (χ0n) is 17.4. The lowest BCUT2D eigenvalue weighted by molar-refractivity contribution is -0.137. The van der Waals surface area contributed by atoms with Gasteiger partial charge in [-0.05, 0) is 60.3 Å². The first-order valence-corrected chi connectivity index (χ1v) is 12.4. The SMILES string of the molecule is Cc1c(C(=O)Nc2ccccc2NS(=O)(=O)c2ccccc2Cl)sc2ccc(C(F)(F)F)cc12. The maximum Gasteiger partial charge on any atom is 0.416 e. The molecule has 0 aliphatic rings. The Hall–Kier alpha value is -3.08. The minimum atomic E-state index is -4.50. The second-order valence-electron chi connectivity index (χ2n) is 7.30. The molecule has 1 heterocycles. The van der Waals surface area contributed by atoms with Crippen LogP contribution in [-0.2, 0) is 16.2 Å². The van der Waals surface area contributed by atoms with E-state index in [0.29, 0.717) is 15.6 Å². The van der Waals surface area contributed by atoms with Gasteiger partial charge in [-0.2, -0.15) is 13.2 Å². The summed E-state index contributed by atoms with van der Waals surface area (Å²) in [4.78, 5) is 13.1. The molecule has 11 heteroatoms. The third kappa shape index (κ3) is 4.75. The Morgan fingerprint density at radius 1 is 0.971 bits per heavy atom. The van der Waals surface area contributed by atoms with Crippen molar-refractivity contribution in [2.45, 2.75) is 18.0 Å². The van der Waals surface area contributed by atoms with Gasteiger partial charge in [-0.15, -0.1) is 11.3 Å². The van der Waals surface area contributed by atoms with E-state index in [1.165, 1.54) is 36.4 Å². The van der Waals surface area contributed by atoms with Crippen LogP contribution >= 0.6 is 22.9 Å². The average molecular weight is 525 g/mol. The number of fused-ring (bicyclic) bond motifs is 1. The van der Waals surface area contributed by atoms with Gasteiger partial charge in [0.05, 0.1) is 26.8 Å². The molecule has 2 N–H and O–H groups in total. The third-order valence-corrected chi connectivity index (χ3v) is 8.15. The molecule has 176 valence electrons. The number of alkyl halides is 3. The van der Waals surface area contributed by atoms with Crippen LogP contribution in [0.3, 0.4) is 0 Å². The number of rotatable bonds is 5. The fourth-order valence-electron chi connectivity index (χ4n) is 3.34. The Kier molecular flexibility index (Phi) is 6.32. The Morgan fingerprint density at radius 2 is 1.62 bits per heavy atom. The molecule has 0 radical (unpaired) electrons. The highest BCUT2D eigenvalue weighted by Crippen LogP contribution is 2.37. The standard InChI is InChI=1S/C23H16ClF3N2O3S2/c1-13-15-12-14(23(25,26)27)10-11-19(15)33-21(13)22(30)28-17-7-3-4-8-18(17)29-34(31,32)20-9-5-2-6-16(20)24/h2-12,29H,1H3,(H,28,30). The predicted molar refractivity (Wildman–Crippen MR) is 128 cm³/mol. The molecular formula is C23H16ClF3N2O3S2. The zero-order chi connectivity index (χ0) is 24.7. The van der Waals surface area contributed by atoms with Crippen LogP contribution in [0.5, 0.6) is 0 Å². The van der Waals surface area contributed by atoms with E-state index in [0.717, 1.165) is 23.5 Å². The van der Waals surface area contributed by atoms with Crippen LogP contribution in [-0.4, -0.2) is 14.3 Å². The maximum atomic E-state index is 13.1. The van der Waals surface area contributed by atoms with E-state index in [2.05, 4.69) is 10.0 Å². The number of carbonyl (C=O) groups is 1. The number of hydrogen-bond donors (Lipinski definition) is 2. The minimum absolute atomic E-state index is 0.0376. The Bertz CT molecular complexity index is 1520. The highest BCUT2D eigenvalue weighted by molar-refractivity contribution is 7.92. The highest BCUT2D eigenvalue weighted by atomic mass is 35.5. The van der Waals surface area contributed by atoms with Gasteiger partial charge in [0.2, 0.25) is 0 Å². The summed E-state index contributed by atoms with van der Waals surface area (Å²) in [6, 6.07) is 15.4. The summed E-state index contributed by atoms with van der Waals surface area (Å²) in [5, 5.41) is 3.02. The largest absolute Gasteiger partial charge is 0.416 e. The molecule has 0 aliphatic heterocycles. The summed E-state index contributed by atoms with van der Waals surface area (Å²) >= 11 is 7.07. The fraction of sp³-hybridized carbons (Fsp3) is 0.0870. The summed E-state index contributed by atoms with van der Waals surface area (Å²) in [6.07, 6.45) is -4.50. The molecule has 1 amide bonds. The van der Waals surface area contributed by atoms with E-state index in [9.17, 15) is 26.4 Å². The first-order valence-electron chi connectivity index (χ1n) is 9.75. The average Bonchev–Trinajstić information content (AvgIpc) is 3.10. The van der Waals surface area contributed by atoms with Crippen molar-refractivity contribution in [3.63, 3.8) is 0 Å². The van der Waals surface area contributed by atoms with Crippen molar-refractivity contribution in [3.8, 4) is 0 Å². The van der Waals surface area contributed by atoms with Crippen LogP contribution in [0.2, 0.25) is 5.02 Å². The van der Waals surface area contributed by atoms with Gasteiger partial charge in [0.15, 0.2) is 0 Å². The number of halogens is 4. The number of thiophene rings is 1. The van der Waals surface area contributed by atoms with Crippen LogP contribution in [0.4, 0.5) is 24.5 Å². The van der Waals surface area contributed by atoms with Crippen molar-refractivity contribution in [1.29, 1.82) is 0 Å². The Morgan fingerprint density at radius 3 is 2.29 bits per heavy atom. The Balaban J connectivity index is 1.65. The number of sulfonamides is 1. The lowest BCUT2D eigenvalue weighted by atomic mass is 10.1. The lowest BCUT2D eigenvalue weighted by Gasteiger charge is -2.14. The van der Waals surface area contributed by atoms with Gasteiger partial charge < -0.3 is 5.32 Å². The molecule has 0 unspecified atom stereocenters. The summed E-state index contributed by atoms with van der Waals surface area (Å²) in [7, 11) is -4.05. The molecular weight excluding hydrogens is 509 g/mol. The number of hydrogen-bond acceptors (Lipinski definition) is 4. The summed E-state index contributed by atoms with van der Waals surface area (Å²) in [5.41, 5.74) is -0.116. The lowest BCUT2D eigenvalue weighted by Crippen LogP contribution is -2.17. The van der Waals surface area contributed by atoms with Crippen LogP contribution in [0, 0.1) is 6.92 Å². The van der Waals surface area contributed by atoms with Crippen LogP contribution in [0.15, 0.2) is 71.6 Å². The monoisotopic (exact) mass is 524 g/mol. The molecule has 4 aromatic rings.